The molecule has 0 radical (unpaired) electrons. The third-order valence-electron chi connectivity index (χ3n) is 4.88. The highest BCUT2D eigenvalue weighted by Gasteiger charge is 2.12. The molecule has 2 aromatic carbocycles. The van der Waals surface area contributed by atoms with Crippen molar-refractivity contribution in [2.24, 2.45) is 0 Å². The molecular weight excluding hydrogens is 395 g/mol. The molecule has 0 amide bonds. The van der Waals surface area contributed by atoms with E-state index in [9.17, 15) is 9.18 Å². The van der Waals surface area contributed by atoms with Crippen LogP contribution in [0.1, 0.15) is 5.56 Å². The Morgan fingerprint density at radius 2 is 1.77 bits per heavy atom. The molecule has 1 N–H and O–H groups in total. The van der Waals surface area contributed by atoms with E-state index in [0.717, 1.165) is 16.6 Å². The fourth-order valence-electron chi connectivity index (χ4n) is 3.41. The molecule has 3 heterocycles. The number of para-hydroxylation sites is 1. The summed E-state index contributed by atoms with van der Waals surface area (Å²) in [6, 6.07) is 18.8. The Morgan fingerprint density at radius 3 is 2.58 bits per heavy atom. The fourth-order valence-corrected chi connectivity index (χ4v) is 3.41. The lowest BCUT2D eigenvalue weighted by atomic mass is 10.2. The molecule has 5 rings (SSSR count). The van der Waals surface area contributed by atoms with Crippen LogP contribution in [0.4, 0.5) is 16.2 Å². The SMILES string of the molecule is Cc1cc(=O)n(-c2ccccc2)c2nc(Nc3ccn(-c4cccc(F)c4)n3)ncc12. The summed E-state index contributed by atoms with van der Waals surface area (Å²) in [7, 11) is 0. The lowest BCUT2D eigenvalue weighted by Crippen LogP contribution is -2.19. The highest BCUT2D eigenvalue weighted by Crippen LogP contribution is 2.20. The summed E-state index contributed by atoms with van der Waals surface area (Å²) >= 11 is 0. The van der Waals surface area contributed by atoms with Crippen molar-refractivity contribution in [2.45, 2.75) is 6.92 Å². The summed E-state index contributed by atoms with van der Waals surface area (Å²) in [4.78, 5) is 21.7. The number of rotatable bonds is 4. The van der Waals surface area contributed by atoms with Crippen molar-refractivity contribution in [1.82, 2.24) is 24.3 Å². The van der Waals surface area contributed by atoms with E-state index in [0.29, 0.717) is 23.1 Å². The predicted octanol–water partition coefficient (Wildman–Crippen LogP) is 4.16. The van der Waals surface area contributed by atoms with E-state index in [1.54, 1.807) is 45.9 Å². The van der Waals surface area contributed by atoms with Gasteiger partial charge in [-0.1, -0.05) is 24.3 Å². The summed E-state index contributed by atoms with van der Waals surface area (Å²) in [5.74, 6) is 0.450. The van der Waals surface area contributed by atoms with Crippen LogP contribution in [0.2, 0.25) is 0 Å². The molecule has 0 aliphatic heterocycles. The van der Waals surface area contributed by atoms with Crippen molar-refractivity contribution in [3.8, 4) is 11.4 Å². The zero-order chi connectivity index (χ0) is 21.4. The summed E-state index contributed by atoms with van der Waals surface area (Å²) in [5.41, 5.74) is 2.45. The van der Waals surface area contributed by atoms with Crippen LogP contribution < -0.4 is 10.9 Å². The Morgan fingerprint density at radius 1 is 0.968 bits per heavy atom. The minimum absolute atomic E-state index is 0.170. The Hall–Kier alpha value is -4.33. The largest absolute Gasteiger partial charge is 0.307 e. The van der Waals surface area contributed by atoms with E-state index < -0.39 is 0 Å². The number of aryl methyl sites for hydroxylation is 1. The number of hydrogen-bond donors (Lipinski definition) is 1. The second-order valence-electron chi connectivity index (χ2n) is 7.02. The average Bonchev–Trinajstić information content (AvgIpc) is 3.23. The molecule has 8 heteroatoms. The fraction of sp³-hybridized carbons (Fsp3) is 0.0435. The number of halogens is 1. The maximum absolute atomic E-state index is 13.5. The smallest absolute Gasteiger partial charge is 0.257 e. The standard InChI is InChI=1S/C23H17FN6O/c1-15-12-21(31)30(17-7-3-2-4-8-17)22-19(15)14-25-23(27-22)26-20-10-11-29(28-20)18-9-5-6-16(24)13-18/h2-14H,1H3,(H,25,26,27,28). The van der Waals surface area contributed by atoms with E-state index in [-0.39, 0.29) is 11.4 Å². The minimum Gasteiger partial charge on any atom is -0.307 e. The normalized spacial score (nSPS) is 11.0. The number of pyridine rings is 1. The molecule has 0 spiro atoms. The summed E-state index contributed by atoms with van der Waals surface area (Å²) in [6.07, 6.45) is 3.39. The molecule has 0 unspecified atom stereocenters. The van der Waals surface area contributed by atoms with Gasteiger partial charge < -0.3 is 5.32 Å². The van der Waals surface area contributed by atoms with Gasteiger partial charge in [-0.15, -0.1) is 0 Å². The summed E-state index contributed by atoms with van der Waals surface area (Å²) in [5, 5.41) is 8.24. The third-order valence-corrected chi connectivity index (χ3v) is 4.88. The zero-order valence-corrected chi connectivity index (χ0v) is 16.5. The van der Waals surface area contributed by atoms with Crippen LogP contribution in [-0.2, 0) is 0 Å². The van der Waals surface area contributed by atoms with Crippen molar-refractivity contribution in [1.29, 1.82) is 0 Å². The highest BCUT2D eigenvalue weighted by atomic mass is 19.1. The lowest BCUT2D eigenvalue weighted by molar-refractivity contribution is 0.625. The van der Waals surface area contributed by atoms with Crippen LogP contribution in [0.3, 0.4) is 0 Å². The van der Waals surface area contributed by atoms with E-state index in [1.807, 2.05) is 37.3 Å². The first-order valence-electron chi connectivity index (χ1n) is 9.62. The molecule has 0 fully saturated rings. The van der Waals surface area contributed by atoms with Gasteiger partial charge >= 0.3 is 0 Å². The molecule has 0 aliphatic carbocycles. The number of hydrogen-bond acceptors (Lipinski definition) is 5. The van der Waals surface area contributed by atoms with Gasteiger partial charge in [-0.05, 0) is 42.8 Å². The van der Waals surface area contributed by atoms with Gasteiger partial charge in [0, 0.05) is 29.9 Å². The van der Waals surface area contributed by atoms with Crippen molar-refractivity contribution in [2.75, 3.05) is 5.32 Å². The van der Waals surface area contributed by atoms with Crippen molar-refractivity contribution < 1.29 is 4.39 Å². The van der Waals surface area contributed by atoms with E-state index >= 15 is 0 Å². The molecule has 152 valence electrons. The van der Waals surface area contributed by atoms with Gasteiger partial charge in [-0.2, -0.15) is 10.1 Å². The van der Waals surface area contributed by atoms with E-state index in [2.05, 4.69) is 20.4 Å². The molecule has 0 bridgehead atoms. The number of anilines is 2. The van der Waals surface area contributed by atoms with Gasteiger partial charge in [0.1, 0.15) is 5.82 Å². The maximum atomic E-state index is 13.5. The molecule has 7 nitrogen and oxygen atoms in total. The van der Waals surface area contributed by atoms with Gasteiger partial charge in [-0.25, -0.2) is 14.1 Å². The number of nitrogens with one attached hydrogen (secondary N) is 1. The topological polar surface area (TPSA) is 77.6 Å². The van der Waals surface area contributed by atoms with Gasteiger partial charge in [0.15, 0.2) is 11.5 Å². The Balaban J connectivity index is 1.55. The van der Waals surface area contributed by atoms with Crippen molar-refractivity contribution in [3.05, 3.63) is 101 Å². The van der Waals surface area contributed by atoms with Gasteiger partial charge in [-0.3, -0.25) is 9.36 Å². The number of benzene rings is 2. The Labute approximate surface area is 176 Å². The summed E-state index contributed by atoms with van der Waals surface area (Å²) < 4.78 is 16.6. The van der Waals surface area contributed by atoms with Crippen LogP contribution in [0, 0.1) is 12.7 Å². The highest BCUT2D eigenvalue weighted by molar-refractivity contribution is 5.80. The first-order valence-corrected chi connectivity index (χ1v) is 9.62. The molecule has 5 aromatic rings. The first-order chi connectivity index (χ1) is 15.1. The van der Waals surface area contributed by atoms with Gasteiger partial charge in [0.25, 0.3) is 5.56 Å². The van der Waals surface area contributed by atoms with E-state index in [1.165, 1.54) is 12.1 Å². The first kappa shape index (κ1) is 18.7. The van der Waals surface area contributed by atoms with Gasteiger partial charge in [0.05, 0.1) is 11.4 Å². The third kappa shape index (κ3) is 3.55. The molecule has 0 saturated heterocycles. The number of aromatic nitrogens is 5. The van der Waals surface area contributed by atoms with Crippen LogP contribution in [0.15, 0.2) is 83.9 Å². The maximum Gasteiger partial charge on any atom is 0.257 e. The molecule has 0 aliphatic rings. The molecule has 3 aromatic heterocycles. The average molecular weight is 412 g/mol. The monoisotopic (exact) mass is 412 g/mol. The van der Waals surface area contributed by atoms with Crippen LogP contribution >= 0.6 is 0 Å². The molecule has 0 atom stereocenters. The quantitative estimate of drug-likeness (QED) is 0.480. The van der Waals surface area contributed by atoms with E-state index in [4.69, 9.17) is 0 Å². The lowest BCUT2D eigenvalue weighted by Gasteiger charge is -2.12. The zero-order valence-electron chi connectivity index (χ0n) is 16.5. The second kappa shape index (κ2) is 7.49. The van der Waals surface area contributed by atoms with Crippen LogP contribution in [0.25, 0.3) is 22.4 Å². The number of nitrogens with zero attached hydrogens (tertiary/aromatic N) is 5. The van der Waals surface area contributed by atoms with Gasteiger partial charge in [0.2, 0.25) is 5.95 Å². The Bertz CT molecular complexity index is 1460. The minimum atomic E-state index is -0.338. The summed E-state index contributed by atoms with van der Waals surface area (Å²) in [6.45, 7) is 1.86. The second-order valence-corrected chi connectivity index (χ2v) is 7.02. The van der Waals surface area contributed by atoms with Crippen molar-refractivity contribution >= 4 is 22.8 Å². The Kier molecular flexibility index (Phi) is 4.51. The molecule has 31 heavy (non-hydrogen) atoms. The van der Waals surface area contributed by atoms with Crippen LogP contribution in [0.5, 0.6) is 0 Å². The van der Waals surface area contributed by atoms with Crippen molar-refractivity contribution in [3.63, 3.8) is 0 Å². The molecular formula is C23H17FN6O. The van der Waals surface area contributed by atoms with Crippen LogP contribution in [-0.4, -0.2) is 24.3 Å². The predicted molar refractivity (Wildman–Crippen MR) is 117 cm³/mol. The molecule has 0 saturated carbocycles. The number of fused-ring (bicyclic) bond motifs is 1.